The molecule has 0 bridgehead atoms. The molecule has 0 fully saturated rings. The summed E-state index contributed by atoms with van der Waals surface area (Å²) in [5.41, 5.74) is 16.9. The fourth-order valence-corrected chi connectivity index (χ4v) is 17.7. The van der Waals surface area contributed by atoms with Gasteiger partial charge in [-0.2, -0.15) is 0 Å². The Morgan fingerprint density at radius 2 is 0.505 bits per heavy atom. The summed E-state index contributed by atoms with van der Waals surface area (Å²) in [6.45, 7) is 0. The van der Waals surface area contributed by atoms with Gasteiger partial charge in [0, 0.05) is 60.9 Å². The minimum Gasteiger partial charge on any atom is -0.309 e. The van der Waals surface area contributed by atoms with Crippen molar-refractivity contribution in [2.24, 2.45) is 0 Å². The second kappa shape index (κ2) is 21.6. The maximum absolute atomic E-state index is 17.5. The molecule has 0 radical (unpaired) electrons. The van der Waals surface area contributed by atoms with Gasteiger partial charge < -0.3 is 4.57 Å². The molecule has 438 valence electrons. The van der Waals surface area contributed by atoms with E-state index in [1.807, 2.05) is 42.5 Å². The molecule has 5 heterocycles. The lowest BCUT2D eigenvalue weighted by atomic mass is 9.63. The summed E-state index contributed by atoms with van der Waals surface area (Å²) < 4.78 is 26.6. The minimum atomic E-state index is -3.68. The summed E-state index contributed by atoms with van der Waals surface area (Å²) in [5, 5.41) is 2.24. The zero-order chi connectivity index (χ0) is 61.6. The average Bonchev–Trinajstić information content (AvgIpc) is 1.12. The molecule has 93 heavy (non-hydrogen) atoms. The van der Waals surface area contributed by atoms with Gasteiger partial charge in [-0.25, -0.2) is 19.9 Å². The maximum Gasteiger partial charge on any atom is 0.171 e. The van der Waals surface area contributed by atoms with Crippen LogP contribution in [0.25, 0.3) is 112 Å². The van der Waals surface area contributed by atoms with E-state index < -0.39 is 12.6 Å². The number of fused-ring (bicyclic) bond motifs is 6. The van der Waals surface area contributed by atoms with Crippen LogP contribution in [0, 0.1) is 0 Å². The van der Waals surface area contributed by atoms with Crippen LogP contribution < -0.4 is 15.9 Å². The van der Waals surface area contributed by atoms with Gasteiger partial charge in [-0.1, -0.05) is 200 Å². The molecule has 0 unspecified atom stereocenters. The van der Waals surface area contributed by atoms with E-state index in [4.69, 9.17) is 19.9 Å². The number of hydrogen-bond acceptors (Lipinski definition) is 5. The number of benzene rings is 13. The first kappa shape index (κ1) is 54.0. The highest BCUT2D eigenvalue weighted by molar-refractivity contribution is 7.85. The highest BCUT2D eigenvalue weighted by Crippen LogP contribution is 2.58. The van der Waals surface area contributed by atoms with Crippen LogP contribution in [0.15, 0.2) is 334 Å². The van der Waals surface area contributed by atoms with Gasteiger partial charge >= 0.3 is 0 Å². The zero-order valence-electron chi connectivity index (χ0n) is 50.2. The predicted octanol–water partition coefficient (Wildman–Crippen LogP) is 18.0. The van der Waals surface area contributed by atoms with Crippen LogP contribution in [-0.2, 0) is 9.98 Å². The van der Waals surface area contributed by atoms with Gasteiger partial charge in [0.2, 0.25) is 0 Å². The Balaban J connectivity index is 1.05. The second-order valence-corrected chi connectivity index (χ2v) is 26.4. The van der Waals surface area contributed by atoms with Crippen LogP contribution in [0.4, 0.5) is 0 Å². The number of hydrogen-bond donors (Lipinski definition) is 0. The Morgan fingerprint density at radius 1 is 0.258 bits per heavy atom. The van der Waals surface area contributed by atoms with Gasteiger partial charge in [0.25, 0.3) is 0 Å². The number of aromatic nitrogens is 8. The quantitative estimate of drug-likeness (QED) is 0.120. The molecule has 1 aliphatic rings. The largest absolute Gasteiger partial charge is 0.309 e. The van der Waals surface area contributed by atoms with Crippen molar-refractivity contribution in [1.82, 2.24) is 38.2 Å². The van der Waals surface area contributed by atoms with Crippen molar-refractivity contribution in [2.45, 2.75) is 5.41 Å². The van der Waals surface area contributed by atoms with E-state index in [1.165, 1.54) is 0 Å². The summed E-state index contributed by atoms with van der Waals surface area (Å²) in [7, 11) is -3.68. The van der Waals surface area contributed by atoms with Crippen LogP contribution in [-0.4, -0.2) is 38.2 Å². The number of para-hydroxylation sites is 12. The molecule has 4 aromatic heterocycles. The monoisotopic (exact) mass is 1210 g/mol. The third-order valence-electron chi connectivity index (χ3n) is 18.5. The van der Waals surface area contributed by atoms with Crippen molar-refractivity contribution in [2.75, 3.05) is 0 Å². The molecule has 17 aromatic rings. The van der Waals surface area contributed by atoms with Gasteiger partial charge in [-0.3, -0.25) is 18.3 Å². The Bertz CT molecular complexity index is 5190. The third-order valence-corrected chi connectivity index (χ3v) is 21.6. The molecule has 18 rings (SSSR count). The Labute approximate surface area is 536 Å². The number of imidazole rings is 4. The lowest BCUT2D eigenvalue weighted by molar-refractivity contribution is 0.590. The summed E-state index contributed by atoms with van der Waals surface area (Å²) in [6.07, 6.45) is 0. The van der Waals surface area contributed by atoms with Crippen LogP contribution in [0.3, 0.4) is 0 Å². The maximum atomic E-state index is 17.5. The second-order valence-electron chi connectivity index (χ2n) is 23.7. The van der Waals surface area contributed by atoms with E-state index in [9.17, 15) is 0 Å². The van der Waals surface area contributed by atoms with Crippen molar-refractivity contribution in [3.05, 3.63) is 356 Å². The molecule has 9 nitrogen and oxygen atoms in total. The van der Waals surface area contributed by atoms with Crippen LogP contribution >= 0.6 is 7.14 Å². The molecule has 0 atom stereocenters. The Hall–Kier alpha value is -12.0. The molecule has 13 aromatic carbocycles. The van der Waals surface area contributed by atoms with Crippen LogP contribution in [0.2, 0.25) is 0 Å². The predicted molar refractivity (Wildman–Crippen MR) is 378 cm³/mol. The molecule has 1 aliphatic heterocycles. The molecule has 0 saturated carbocycles. The molecule has 0 saturated heterocycles. The van der Waals surface area contributed by atoms with E-state index in [0.717, 1.165) is 151 Å². The Kier molecular flexibility index (Phi) is 12.5. The first-order chi connectivity index (χ1) is 46.0. The highest BCUT2D eigenvalue weighted by Gasteiger charge is 2.52. The molecule has 0 spiro atoms. The lowest BCUT2D eigenvalue weighted by Gasteiger charge is -2.45. The van der Waals surface area contributed by atoms with Crippen molar-refractivity contribution in [3.63, 3.8) is 0 Å². The van der Waals surface area contributed by atoms with Gasteiger partial charge in [-0.15, -0.1) is 0 Å². The first-order valence-electron chi connectivity index (χ1n) is 31.3. The molecule has 0 N–H and O–H groups in total. The zero-order valence-corrected chi connectivity index (χ0v) is 51.1. The van der Waals surface area contributed by atoms with Crippen LogP contribution in [0.1, 0.15) is 22.3 Å². The Morgan fingerprint density at radius 3 is 0.806 bits per heavy atom. The fourth-order valence-electron chi connectivity index (χ4n) is 14.5. The van der Waals surface area contributed by atoms with Gasteiger partial charge in [0.15, 0.2) is 7.14 Å². The standard InChI is InChI=1S/C83H55N8OP/c92-93(66-36-14-5-15-37-66)77-48-26-16-38-67(77)83(68-39-17-27-49-78(68)93,60-52-56(79-84-69-40-18-22-44-73(69)88(79)62-28-6-1-7-29-62)50-57(53-60)80-85-70-41-19-23-45-74(70)89(80)63-30-8-2-9-31-63)61-54-58(81-86-71-42-20-24-46-75(71)90(81)64-32-10-3-11-33-64)51-59(55-61)82-87-72-43-21-25-47-76(72)91(82)65-34-12-4-13-35-65/h1-55H. The van der Waals surface area contributed by atoms with Crippen molar-refractivity contribution in [3.8, 4) is 68.3 Å². The normalized spacial score (nSPS) is 13.2. The number of nitrogens with zero attached hydrogens (tertiary/aromatic N) is 8. The SMILES string of the molecule is O=P1(c2ccccc2)c2ccccc2C(c2cc(-c3nc4ccccc4n3-c3ccccc3)cc(-c3nc4ccccc4n3-c3ccccc3)c2)(c2cc(-c3nc4ccccc4n3-c3ccccc3)cc(-c3nc4ccccc4n3-c3ccccc3)c2)c2ccccc21. The summed E-state index contributed by atoms with van der Waals surface area (Å²) in [6, 6.07) is 116. The van der Waals surface area contributed by atoms with Crippen LogP contribution in [0.5, 0.6) is 0 Å². The summed E-state index contributed by atoms with van der Waals surface area (Å²) in [4.78, 5) is 22.6. The van der Waals surface area contributed by atoms with Crippen molar-refractivity contribution >= 4 is 67.2 Å². The van der Waals surface area contributed by atoms with Gasteiger partial charge in [-0.05, 0) is 156 Å². The minimum absolute atomic E-state index is 0.745. The molecule has 0 aliphatic carbocycles. The smallest absolute Gasteiger partial charge is 0.171 e. The number of rotatable bonds is 11. The summed E-state index contributed by atoms with van der Waals surface area (Å²) >= 11 is 0. The molecular formula is C83H55N8OP. The van der Waals surface area contributed by atoms with Crippen molar-refractivity contribution in [1.29, 1.82) is 0 Å². The first-order valence-corrected chi connectivity index (χ1v) is 33.0. The fraction of sp³-hybridized carbons (Fsp3) is 0.0120. The molecule has 0 amide bonds. The average molecular weight is 1210 g/mol. The lowest BCUT2D eigenvalue weighted by Crippen LogP contribution is -2.47. The van der Waals surface area contributed by atoms with E-state index in [1.54, 1.807) is 0 Å². The van der Waals surface area contributed by atoms with Crippen molar-refractivity contribution < 1.29 is 4.57 Å². The third kappa shape index (κ3) is 8.44. The van der Waals surface area contributed by atoms with Gasteiger partial charge in [0.05, 0.1) is 49.5 Å². The van der Waals surface area contributed by atoms with E-state index in [0.29, 0.717) is 0 Å². The van der Waals surface area contributed by atoms with E-state index >= 15 is 4.57 Å². The van der Waals surface area contributed by atoms with E-state index in [-0.39, 0.29) is 0 Å². The van der Waals surface area contributed by atoms with E-state index in [2.05, 4.69) is 309 Å². The topological polar surface area (TPSA) is 88.3 Å². The molecule has 10 heteroatoms. The van der Waals surface area contributed by atoms with Gasteiger partial charge in [0.1, 0.15) is 23.3 Å². The summed E-state index contributed by atoms with van der Waals surface area (Å²) in [5.74, 6) is 2.99. The molecular weight excluding hydrogens is 1160 g/mol. The highest BCUT2D eigenvalue weighted by atomic mass is 31.2.